The van der Waals surface area contributed by atoms with Gasteiger partial charge in [-0.25, -0.2) is 0 Å². The van der Waals surface area contributed by atoms with E-state index in [-0.39, 0.29) is 12.5 Å². The van der Waals surface area contributed by atoms with Gasteiger partial charge in [-0.15, -0.1) is 0 Å². The first kappa shape index (κ1) is 20.3. The molecule has 0 radical (unpaired) electrons. The lowest BCUT2D eigenvalue weighted by atomic mass is 10.0. The molecule has 1 atom stereocenters. The quantitative estimate of drug-likeness (QED) is 0.591. The number of amides is 1. The summed E-state index contributed by atoms with van der Waals surface area (Å²) in [7, 11) is 0. The van der Waals surface area contributed by atoms with E-state index >= 15 is 0 Å². The Hall–Kier alpha value is -2.41. The maximum absolute atomic E-state index is 12.3. The van der Waals surface area contributed by atoms with Crippen molar-refractivity contribution in [1.82, 2.24) is 4.90 Å². The molecule has 0 saturated carbocycles. The summed E-state index contributed by atoms with van der Waals surface area (Å²) in [4.78, 5) is 14.5. The minimum absolute atomic E-state index is 0.0261. The number of para-hydroxylation sites is 1. The van der Waals surface area contributed by atoms with Crippen molar-refractivity contribution in [2.75, 3.05) is 30.3 Å². The summed E-state index contributed by atoms with van der Waals surface area (Å²) in [5, 5.41) is 25.4. The molecule has 2 aromatic carbocycles. The molecule has 28 heavy (non-hydrogen) atoms. The number of hydrogen-bond acceptors (Lipinski definition) is 5. The number of aliphatic hydroxyl groups is 2. The second-order valence-corrected chi connectivity index (χ2v) is 7.36. The standard InChI is InChI=1S/C22H29N3O3/c1-16(27)17-6-8-19(9-7-17)24-22(28)14-25-12-10-20(11-13-25)23-21-5-3-2-4-18(21)15-26/h2-9,16,20,23,26-27H,10-15H2,1H3,(H,24,28). The molecule has 6 nitrogen and oxygen atoms in total. The number of nitrogens with zero attached hydrogens (tertiary/aromatic N) is 1. The first-order chi connectivity index (χ1) is 13.5. The van der Waals surface area contributed by atoms with Crippen LogP contribution < -0.4 is 10.6 Å². The van der Waals surface area contributed by atoms with E-state index in [9.17, 15) is 15.0 Å². The van der Waals surface area contributed by atoms with Gasteiger partial charge in [-0.2, -0.15) is 0 Å². The van der Waals surface area contributed by atoms with E-state index in [0.29, 0.717) is 12.6 Å². The number of rotatable bonds is 7. The van der Waals surface area contributed by atoms with Crippen LogP contribution in [0.25, 0.3) is 0 Å². The maximum Gasteiger partial charge on any atom is 0.238 e. The van der Waals surface area contributed by atoms with Gasteiger partial charge in [0.15, 0.2) is 0 Å². The summed E-state index contributed by atoms with van der Waals surface area (Å²) in [6.07, 6.45) is 1.40. The third-order valence-corrected chi connectivity index (χ3v) is 5.18. The summed E-state index contributed by atoms with van der Waals surface area (Å²) in [5.41, 5.74) is 3.47. The summed E-state index contributed by atoms with van der Waals surface area (Å²) >= 11 is 0. The number of benzene rings is 2. The van der Waals surface area contributed by atoms with Crippen LogP contribution in [0.15, 0.2) is 48.5 Å². The molecular weight excluding hydrogens is 354 g/mol. The van der Waals surface area contributed by atoms with Crippen molar-refractivity contribution >= 4 is 17.3 Å². The number of carbonyl (C=O) groups excluding carboxylic acids is 1. The van der Waals surface area contributed by atoms with Gasteiger partial charge in [0.2, 0.25) is 5.91 Å². The summed E-state index contributed by atoms with van der Waals surface area (Å²) in [6, 6.07) is 15.4. The molecule has 1 fully saturated rings. The van der Waals surface area contributed by atoms with E-state index in [1.165, 1.54) is 0 Å². The smallest absolute Gasteiger partial charge is 0.238 e. The van der Waals surface area contributed by atoms with E-state index in [1.54, 1.807) is 6.92 Å². The summed E-state index contributed by atoms with van der Waals surface area (Å²) < 4.78 is 0. The molecule has 6 heteroatoms. The molecule has 3 rings (SSSR count). The Bertz CT molecular complexity index is 769. The van der Waals surface area contributed by atoms with Crippen LogP contribution in [0.4, 0.5) is 11.4 Å². The number of anilines is 2. The fraction of sp³-hybridized carbons (Fsp3) is 0.409. The molecule has 1 heterocycles. The lowest BCUT2D eigenvalue weighted by molar-refractivity contribution is -0.117. The van der Waals surface area contributed by atoms with Crippen molar-refractivity contribution in [3.63, 3.8) is 0 Å². The Morgan fingerprint density at radius 2 is 1.82 bits per heavy atom. The normalized spacial score (nSPS) is 16.5. The Kier molecular flexibility index (Phi) is 7.03. The molecular formula is C22H29N3O3. The third-order valence-electron chi connectivity index (χ3n) is 5.18. The highest BCUT2D eigenvalue weighted by atomic mass is 16.3. The van der Waals surface area contributed by atoms with Crippen LogP contribution in [-0.2, 0) is 11.4 Å². The number of piperidine rings is 1. The van der Waals surface area contributed by atoms with Gasteiger partial charge in [-0.1, -0.05) is 30.3 Å². The zero-order valence-corrected chi connectivity index (χ0v) is 16.3. The predicted molar refractivity (Wildman–Crippen MR) is 111 cm³/mol. The zero-order valence-electron chi connectivity index (χ0n) is 16.3. The van der Waals surface area contributed by atoms with Crippen LogP contribution in [0.1, 0.15) is 37.0 Å². The number of nitrogens with one attached hydrogen (secondary N) is 2. The van der Waals surface area contributed by atoms with Crippen molar-refractivity contribution in [2.45, 2.75) is 38.5 Å². The van der Waals surface area contributed by atoms with Crippen molar-refractivity contribution < 1.29 is 15.0 Å². The van der Waals surface area contributed by atoms with Crippen LogP contribution in [0.3, 0.4) is 0 Å². The van der Waals surface area contributed by atoms with Crippen LogP contribution in [0.5, 0.6) is 0 Å². The lowest BCUT2D eigenvalue weighted by Crippen LogP contribution is -2.42. The highest BCUT2D eigenvalue weighted by Crippen LogP contribution is 2.20. The highest BCUT2D eigenvalue weighted by molar-refractivity contribution is 5.92. The monoisotopic (exact) mass is 383 g/mol. The highest BCUT2D eigenvalue weighted by Gasteiger charge is 2.21. The first-order valence-corrected chi connectivity index (χ1v) is 9.80. The zero-order chi connectivity index (χ0) is 19.9. The Balaban J connectivity index is 1.44. The van der Waals surface area contributed by atoms with Gasteiger partial charge < -0.3 is 20.8 Å². The number of likely N-dealkylation sites (tertiary alicyclic amines) is 1. The third kappa shape index (κ3) is 5.55. The molecule has 0 spiro atoms. The van der Waals surface area contributed by atoms with E-state index in [0.717, 1.165) is 48.4 Å². The van der Waals surface area contributed by atoms with E-state index in [4.69, 9.17) is 0 Å². The summed E-state index contributed by atoms with van der Waals surface area (Å²) in [6.45, 7) is 3.83. The Morgan fingerprint density at radius 1 is 1.14 bits per heavy atom. The van der Waals surface area contributed by atoms with Crippen LogP contribution >= 0.6 is 0 Å². The SMILES string of the molecule is CC(O)c1ccc(NC(=O)CN2CCC(Nc3ccccc3CO)CC2)cc1. The van der Waals surface area contributed by atoms with Crippen molar-refractivity contribution in [1.29, 1.82) is 0 Å². The van der Waals surface area contributed by atoms with Gasteiger partial charge in [0.1, 0.15) is 0 Å². The van der Waals surface area contributed by atoms with E-state index in [2.05, 4.69) is 15.5 Å². The molecule has 0 bridgehead atoms. The number of carbonyl (C=O) groups is 1. The van der Waals surface area contributed by atoms with Gasteiger partial charge in [-0.05, 0) is 43.5 Å². The largest absolute Gasteiger partial charge is 0.392 e. The molecule has 4 N–H and O–H groups in total. The van der Waals surface area contributed by atoms with E-state index in [1.807, 2.05) is 48.5 Å². The van der Waals surface area contributed by atoms with Gasteiger partial charge in [0, 0.05) is 36.1 Å². The van der Waals surface area contributed by atoms with Crippen molar-refractivity contribution in [3.05, 3.63) is 59.7 Å². The summed E-state index contributed by atoms with van der Waals surface area (Å²) in [5.74, 6) is -0.0261. The Morgan fingerprint density at radius 3 is 2.46 bits per heavy atom. The molecule has 1 aliphatic rings. The molecule has 1 aliphatic heterocycles. The van der Waals surface area contributed by atoms with Gasteiger partial charge in [0.25, 0.3) is 0 Å². The number of aliphatic hydroxyl groups excluding tert-OH is 2. The second-order valence-electron chi connectivity index (χ2n) is 7.36. The molecule has 1 unspecified atom stereocenters. The Labute approximate surface area is 166 Å². The average Bonchev–Trinajstić information content (AvgIpc) is 2.70. The fourth-order valence-corrected chi connectivity index (χ4v) is 3.50. The first-order valence-electron chi connectivity index (χ1n) is 9.80. The average molecular weight is 383 g/mol. The second kappa shape index (κ2) is 9.68. The minimum Gasteiger partial charge on any atom is -0.392 e. The lowest BCUT2D eigenvalue weighted by Gasteiger charge is -2.32. The van der Waals surface area contributed by atoms with Gasteiger partial charge in [0.05, 0.1) is 19.3 Å². The minimum atomic E-state index is -0.510. The van der Waals surface area contributed by atoms with Crippen molar-refractivity contribution in [2.24, 2.45) is 0 Å². The van der Waals surface area contributed by atoms with Crippen molar-refractivity contribution in [3.8, 4) is 0 Å². The fourth-order valence-electron chi connectivity index (χ4n) is 3.50. The van der Waals surface area contributed by atoms with Crippen LogP contribution in [0, 0.1) is 0 Å². The molecule has 1 amide bonds. The molecule has 150 valence electrons. The molecule has 1 saturated heterocycles. The molecule has 0 aliphatic carbocycles. The molecule has 0 aromatic heterocycles. The van der Waals surface area contributed by atoms with Crippen LogP contribution in [-0.4, -0.2) is 46.7 Å². The van der Waals surface area contributed by atoms with Gasteiger partial charge >= 0.3 is 0 Å². The van der Waals surface area contributed by atoms with E-state index < -0.39 is 6.10 Å². The number of hydrogen-bond donors (Lipinski definition) is 4. The topological polar surface area (TPSA) is 84.8 Å². The predicted octanol–water partition coefficient (Wildman–Crippen LogP) is 2.75. The maximum atomic E-state index is 12.3. The molecule has 2 aromatic rings. The van der Waals surface area contributed by atoms with Crippen LogP contribution in [0.2, 0.25) is 0 Å². The van der Waals surface area contributed by atoms with Gasteiger partial charge in [-0.3, -0.25) is 9.69 Å².